The van der Waals surface area contributed by atoms with Crippen molar-refractivity contribution in [1.29, 1.82) is 0 Å². The number of carboxylic acids is 1. The minimum absolute atomic E-state index is 0.116. The molecule has 1 aromatic carbocycles. The number of carbonyl (C=O) groups is 2. The normalized spacial score (nSPS) is 18.9. The molecule has 0 heterocycles. The van der Waals surface area contributed by atoms with E-state index in [4.69, 9.17) is 5.11 Å². The summed E-state index contributed by atoms with van der Waals surface area (Å²) >= 11 is 0. The third-order valence-electron chi connectivity index (χ3n) is 4.07. The van der Waals surface area contributed by atoms with Gasteiger partial charge in [0.05, 0.1) is 0 Å². The number of hydrogen-bond acceptors (Lipinski definition) is 2. The zero-order chi connectivity index (χ0) is 15.5. The average molecular weight is 290 g/mol. The summed E-state index contributed by atoms with van der Waals surface area (Å²) in [6.07, 6.45) is 1.77. The molecule has 114 valence electrons. The third kappa shape index (κ3) is 4.77. The number of anilines is 1. The van der Waals surface area contributed by atoms with E-state index in [0.717, 1.165) is 12.0 Å². The van der Waals surface area contributed by atoms with E-state index < -0.39 is 5.97 Å². The standard InChI is InChI=1S/C16H22N2O3/c1-16(2)9-12(16)10-17-15(21)18-13-6-3-11(4-7-13)5-8-14(19)20/h3-4,6-7,12H,5,8-10H2,1-2H3,(H,19,20)(H2,17,18,21). The van der Waals surface area contributed by atoms with Gasteiger partial charge >= 0.3 is 12.0 Å². The SMILES string of the molecule is CC1(C)CC1CNC(=O)Nc1ccc(CCC(=O)O)cc1. The van der Waals surface area contributed by atoms with Gasteiger partial charge in [0.25, 0.3) is 0 Å². The molecule has 1 aromatic rings. The molecule has 0 aromatic heterocycles. The first kappa shape index (κ1) is 15.4. The van der Waals surface area contributed by atoms with Crippen molar-refractivity contribution in [3.8, 4) is 0 Å². The van der Waals surface area contributed by atoms with E-state index in [9.17, 15) is 9.59 Å². The molecule has 0 radical (unpaired) electrons. The monoisotopic (exact) mass is 290 g/mol. The maximum atomic E-state index is 11.8. The number of aliphatic carboxylic acids is 1. The summed E-state index contributed by atoms with van der Waals surface area (Å²) in [5.41, 5.74) is 2.02. The highest BCUT2D eigenvalue weighted by Gasteiger charge is 2.45. The van der Waals surface area contributed by atoms with E-state index in [1.807, 2.05) is 12.1 Å². The summed E-state index contributed by atoms with van der Waals surface area (Å²) < 4.78 is 0. The lowest BCUT2D eigenvalue weighted by molar-refractivity contribution is -0.136. The molecule has 0 saturated heterocycles. The van der Waals surface area contributed by atoms with Gasteiger partial charge in [-0.05, 0) is 41.9 Å². The van der Waals surface area contributed by atoms with Gasteiger partial charge in [0.1, 0.15) is 0 Å². The summed E-state index contributed by atoms with van der Waals surface area (Å²) in [7, 11) is 0. The van der Waals surface area contributed by atoms with Crippen molar-refractivity contribution < 1.29 is 14.7 Å². The molecule has 0 bridgehead atoms. The van der Waals surface area contributed by atoms with Gasteiger partial charge in [0.2, 0.25) is 0 Å². The van der Waals surface area contributed by atoms with Crippen LogP contribution in [0.5, 0.6) is 0 Å². The molecule has 2 rings (SSSR count). The Morgan fingerprint density at radius 2 is 1.90 bits per heavy atom. The highest BCUT2D eigenvalue weighted by atomic mass is 16.4. The van der Waals surface area contributed by atoms with Crippen LogP contribution in [-0.2, 0) is 11.2 Å². The predicted molar refractivity (Wildman–Crippen MR) is 81.3 cm³/mol. The number of nitrogens with one attached hydrogen (secondary N) is 2. The molecule has 21 heavy (non-hydrogen) atoms. The van der Waals surface area contributed by atoms with E-state index in [1.165, 1.54) is 0 Å². The summed E-state index contributed by atoms with van der Waals surface area (Å²) in [5, 5.41) is 14.3. The Hall–Kier alpha value is -2.04. The zero-order valence-corrected chi connectivity index (χ0v) is 12.5. The second-order valence-electron chi connectivity index (χ2n) is 6.32. The number of carboxylic acid groups (broad SMARTS) is 1. The maximum absolute atomic E-state index is 11.8. The second kappa shape index (κ2) is 6.16. The van der Waals surface area contributed by atoms with Gasteiger partial charge in [-0.15, -0.1) is 0 Å². The Morgan fingerprint density at radius 1 is 1.29 bits per heavy atom. The Labute approximate surface area is 124 Å². The minimum atomic E-state index is -0.806. The number of urea groups is 1. The first-order chi connectivity index (χ1) is 9.87. The lowest BCUT2D eigenvalue weighted by Gasteiger charge is -2.09. The number of rotatable bonds is 6. The van der Waals surface area contributed by atoms with E-state index >= 15 is 0 Å². The van der Waals surface area contributed by atoms with Crippen molar-refractivity contribution in [2.24, 2.45) is 11.3 Å². The van der Waals surface area contributed by atoms with Crippen molar-refractivity contribution in [1.82, 2.24) is 5.32 Å². The minimum Gasteiger partial charge on any atom is -0.481 e. The summed E-state index contributed by atoms with van der Waals surface area (Å²) in [6.45, 7) is 5.11. The molecule has 1 unspecified atom stereocenters. The lowest BCUT2D eigenvalue weighted by Crippen LogP contribution is -2.31. The third-order valence-corrected chi connectivity index (χ3v) is 4.07. The Kier molecular flexibility index (Phi) is 4.50. The molecule has 1 fully saturated rings. The second-order valence-corrected chi connectivity index (χ2v) is 6.32. The van der Waals surface area contributed by atoms with E-state index in [2.05, 4.69) is 24.5 Å². The van der Waals surface area contributed by atoms with E-state index in [1.54, 1.807) is 12.1 Å². The van der Waals surface area contributed by atoms with Crippen LogP contribution < -0.4 is 10.6 Å². The van der Waals surface area contributed by atoms with Crippen LogP contribution in [0, 0.1) is 11.3 Å². The number of carbonyl (C=O) groups excluding carboxylic acids is 1. The first-order valence-corrected chi connectivity index (χ1v) is 7.22. The molecule has 5 nitrogen and oxygen atoms in total. The number of amides is 2. The fourth-order valence-electron chi connectivity index (χ4n) is 2.32. The predicted octanol–water partition coefficient (Wildman–Crippen LogP) is 2.87. The quantitative estimate of drug-likeness (QED) is 0.753. The first-order valence-electron chi connectivity index (χ1n) is 7.22. The largest absolute Gasteiger partial charge is 0.481 e. The van der Waals surface area contributed by atoms with Crippen LogP contribution in [0.2, 0.25) is 0 Å². The number of hydrogen-bond donors (Lipinski definition) is 3. The fraction of sp³-hybridized carbons (Fsp3) is 0.500. The number of aryl methyl sites for hydroxylation is 1. The molecule has 5 heteroatoms. The fourth-order valence-corrected chi connectivity index (χ4v) is 2.32. The molecule has 1 aliphatic rings. The molecule has 1 saturated carbocycles. The van der Waals surface area contributed by atoms with E-state index in [-0.39, 0.29) is 12.5 Å². The highest BCUT2D eigenvalue weighted by Crippen LogP contribution is 2.50. The van der Waals surface area contributed by atoms with Crippen LogP contribution in [0.3, 0.4) is 0 Å². The lowest BCUT2D eigenvalue weighted by atomic mass is 10.1. The zero-order valence-electron chi connectivity index (χ0n) is 12.5. The Morgan fingerprint density at radius 3 is 2.43 bits per heavy atom. The van der Waals surface area contributed by atoms with Gasteiger partial charge in [0, 0.05) is 18.7 Å². The van der Waals surface area contributed by atoms with Gasteiger partial charge in [-0.25, -0.2) is 4.79 Å². The molecular weight excluding hydrogens is 268 g/mol. The molecule has 0 spiro atoms. The van der Waals surface area contributed by atoms with Crippen molar-refractivity contribution in [3.63, 3.8) is 0 Å². The van der Waals surface area contributed by atoms with Gasteiger partial charge in [-0.1, -0.05) is 26.0 Å². The maximum Gasteiger partial charge on any atom is 0.319 e. The van der Waals surface area contributed by atoms with Gasteiger partial charge in [-0.3, -0.25) is 4.79 Å². The molecule has 3 N–H and O–H groups in total. The van der Waals surface area contributed by atoms with Crippen LogP contribution in [0.25, 0.3) is 0 Å². The van der Waals surface area contributed by atoms with Gasteiger partial charge < -0.3 is 15.7 Å². The van der Waals surface area contributed by atoms with Crippen molar-refractivity contribution in [3.05, 3.63) is 29.8 Å². The highest BCUT2D eigenvalue weighted by molar-refractivity contribution is 5.89. The van der Waals surface area contributed by atoms with E-state index in [0.29, 0.717) is 30.0 Å². The molecular formula is C16H22N2O3. The molecule has 1 atom stereocenters. The van der Waals surface area contributed by atoms with Crippen LogP contribution in [0.4, 0.5) is 10.5 Å². The van der Waals surface area contributed by atoms with Gasteiger partial charge in [-0.2, -0.15) is 0 Å². The van der Waals surface area contributed by atoms with Gasteiger partial charge in [0.15, 0.2) is 0 Å². The summed E-state index contributed by atoms with van der Waals surface area (Å²) in [6, 6.07) is 7.05. The average Bonchev–Trinajstić information content (AvgIpc) is 3.03. The molecule has 1 aliphatic carbocycles. The van der Waals surface area contributed by atoms with Crippen molar-refractivity contribution in [2.75, 3.05) is 11.9 Å². The van der Waals surface area contributed by atoms with Crippen molar-refractivity contribution in [2.45, 2.75) is 33.1 Å². The Balaban J connectivity index is 1.74. The van der Waals surface area contributed by atoms with Crippen molar-refractivity contribution >= 4 is 17.7 Å². The molecule has 2 amide bonds. The van der Waals surface area contributed by atoms with Crippen LogP contribution >= 0.6 is 0 Å². The molecule has 0 aliphatic heterocycles. The topological polar surface area (TPSA) is 78.4 Å². The summed E-state index contributed by atoms with van der Waals surface area (Å²) in [5.74, 6) is -0.235. The van der Waals surface area contributed by atoms with Crippen LogP contribution in [0.15, 0.2) is 24.3 Å². The summed E-state index contributed by atoms with van der Waals surface area (Å²) in [4.78, 5) is 22.3. The van der Waals surface area contributed by atoms with Crippen LogP contribution in [-0.4, -0.2) is 23.7 Å². The number of benzene rings is 1. The van der Waals surface area contributed by atoms with Crippen LogP contribution in [0.1, 0.15) is 32.3 Å². The Bertz CT molecular complexity index is 523. The smallest absolute Gasteiger partial charge is 0.319 e.